The normalized spacial score (nSPS) is 15.9. The predicted molar refractivity (Wildman–Crippen MR) is 113 cm³/mol. The molecule has 9 nitrogen and oxygen atoms in total. The lowest BCUT2D eigenvalue weighted by Gasteiger charge is -2.21. The van der Waals surface area contributed by atoms with Gasteiger partial charge in [-0.05, 0) is 49.2 Å². The average molecular weight is 461 g/mol. The first-order chi connectivity index (χ1) is 15.4. The monoisotopic (exact) mass is 461 g/mol. The van der Waals surface area contributed by atoms with E-state index in [1.54, 1.807) is 0 Å². The standard InChI is InChI=1S/C22H23NO8S/c1-28-19-12-16(13-20-21(19)30-11-10-29-20)22(25)31-14-18(24)15-4-6-17(7-5-15)32(26,27)23-8-2-3-9-23/h4-7,12-13H,2-3,8-11,14H2,1H3. The minimum absolute atomic E-state index is 0.135. The molecule has 2 aliphatic rings. The van der Waals surface area contributed by atoms with Gasteiger partial charge >= 0.3 is 5.97 Å². The highest BCUT2D eigenvalue weighted by atomic mass is 32.2. The molecule has 0 radical (unpaired) electrons. The van der Waals surface area contributed by atoms with Crippen LogP contribution in [-0.2, 0) is 14.8 Å². The zero-order valence-corrected chi connectivity index (χ0v) is 18.4. The van der Waals surface area contributed by atoms with E-state index in [9.17, 15) is 18.0 Å². The second-order valence-electron chi connectivity index (χ2n) is 7.34. The molecule has 2 aromatic rings. The number of hydrogen-bond acceptors (Lipinski definition) is 8. The maximum atomic E-state index is 12.6. The Morgan fingerprint density at radius 2 is 1.69 bits per heavy atom. The number of carbonyl (C=O) groups is 2. The summed E-state index contributed by atoms with van der Waals surface area (Å²) in [4.78, 5) is 25.0. The van der Waals surface area contributed by atoms with Gasteiger partial charge in [0.2, 0.25) is 15.8 Å². The molecule has 10 heteroatoms. The van der Waals surface area contributed by atoms with Crippen LogP contribution in [0.25, 0.3) is 0 Å². The van der Waals surface area contributed by atoms with E-state index in [0.29, 0.717) is 43.6 Å². The molecule has 1 fully saturated rings. The van der Waals surface area contributed by atoms with Crippen molar-refractivity contribution in [3.8, 4) is 17.2 Å². The number of fused-ring (bicyclic) bond motifs is 1. The van der Waals surface area contributed by atoms with E-state index in [1.165, 1.54) is 47.8 Å². The van der Waals surface area contributed by atoms with Gasteiger partial charge in [0.05, 0.1) is 17.6 Å². The number of esters is 1. The van der Waals surface area contributed by atoms with E-state index in [1.807, 2.05) is 0 Å². The fourth-order valence-electron chi connectivity index (χ4n) is 3.58. The third-order valence-electron chi connectivity index (χ3n) is 5.28. The summed E-state index contributed by atoms with van der Waals surface area (Å²) in [5, 5.41) is 0. The SMILES string of the molecule is COc1cc(C(=O)OCC(=O)c2ccc(S(=O)(=O)N3CCCC3)cc2)cc2c1OCCO2. The summed E-state index contributed by atoms with van der Waals surface area (Å²) in [5.41, 5.74) is 0.406. The maximum Gasteiger partial charge on any atom is 0.338 e. The smallest absolute Gasteiger partial charge is 0.338 e. The van der Waals surface area contributed by atoms with Crippen molar-refractivity contribution in [2.45, 2.75) is 17.7 Å². The van der Waals surface area contributed by atoms with Crippen LogP contribution in [-0.4, -0.2) is 64.5 Å². The van der Waals surface area contributed by atoms with Crippen LogP contribution in [0.2, 0.25) is 0 Å². The van der Waals surface area contributed by atoms with Gasteiger partial charge in [0.15, 0.2) is 23.9 Å². The molecule has 2 heterocycles. The molecule has 0 aliphatic carbocycles. The van der Waals surface area contributed by atoms with E-state index in [4.69, 9.17) is 18.9 Å². The molecule has 0 spiro atoms. The minimum Gasteiger partial charge on any atom is -0.493 e. The van der Waals surface area contributed by atoms with Gasteiger partial charge in [0, 0.05) is 18.7 Å². The van der Waals surface area contributed by atoms with E-state index in [2.05, 4.69) is 0 Å². The first-order valence-corrected chi connectivity index (χ1v) is 11.6. The highest BCUT2D eigenvalue weighted by Crippen LogP contribution is 2.40. The number of sulfonamides is 1. The van der Waals surface area contributed by atoms with E-state index in [-0.39, 0.29) is 16.0 Å². The van der Waals surface area contributed by atoms with Gasteiger partial charge < -0.3 is 18.9 Å². The number of methoxy groups -OCH3 is 1. The maximum absolute atomic E-state index is 12.6. The van der Waals surface area contributed by atoms with Crippen LogP contribution in [0.5, 0.6) is 17.2 Å². The summed E-state index contributed by atoms with van der Waals surface area (Å²) in [6.07, 6.45) is 1.69. The van der Waals surface area contributed by atoms with Gasteiger partial charge in [-0.2, -0.15) is 4.31 Å². The Hall–Kier alpha value is -3.11. The summed E-state index contributed by atoms with van der Waals surface area (Å²) in [6.45, 7) is 1.23. The fraction of sp³-hybridized carbons (Fsp3) is 0.364. The third kappa shape index (κ3) is 4.42. The summed E-state index contributed by atoms with van der Waals surface area (Å²) < 4.78 is 48.0. The van der Waals surface area contributed by atoms with Crippen LogP contribution in [0.1, 0.15) is 33.6 Å². The van der Waals surface area contributed by atoms with Crippen LogP contribution < -0.4 is 14.2 Å². The molecule has 2 aromatic carbocycles. The molecule has 4 rings (SSSR count). The summed E-state index contributed by atoms with van der Waals surface area (Å²) in [7, 11) is -2.11. The number of ether oxygens (including phenoxy) is 4. The molecular weight excluding hydrogens is 438 g/mol. The molecule has 170 valence electrons. The van der Waals surface area contributed by atoms with Crippen LogP contribution >= 0.6 is 0 Å². The Bertz CT molecular complexity index is 1100. The number of hydrogen-bond donors (Lipinski definition) is 0. The summed E-state index contributed by atoms with van der Waals surface area (Å²) >= 11 is 0. The van der Waals surface area contributed by atoms with Gasteiger partial charge in [-0.15, -0.1) is 0 Å². The largest absolute Gasteiger partial charge is 0.493 e. The number of nitrogens with zero attached hydrogens (tertiary/aromatic N) is 1. The Labute approximate surface area is 185 Å². The topological polar surface area (TPSA) is 108 Å². The van der Waals surface area contributed by atoms with Crippen molar-refractivity contribution in [1.82, 2.24) is 4.31 Å². The molecule has 0 unspecified atom stereocenters. The van der Waals surface area contributed by atoms with Crippen molar-refractivity contribution >= 4 is 21.8 Å². The van der Waals surface area contributed by atoms with Gasteiger partial charge in [-0.25, -0.2) is 13.2 Å². The second-order valence-corrected chi connectivity index (χ2v) is 9.28. The third-order valence-corrected chi connectivity index (χ3v) is 7.19. The molecule has 2 aliphatic heterocycles. The zero-order chi connectivity index (χ0) is 22.7. The Kier molecular flexibility index (Phi) is 6.33. The lowest BCUT2D eigenvalue weighted by molar-refractivity contribution is 0.0473. The Balaban J connectivity index is 1.41. The van der Waals surface area contributed by atoms with Crippen molar-refractivity contribution in [3.63, 3.8) is 0 Å². The first-order valence-electron chi connectivity index (χ1n) is 10.2. The van der Waals surface area contributed by atoms with E-state index >= 15 is 0 Å². The number of benzene rings is 2. The lowest BCUT2D eigenvalue weighted by Crippen LogP contribution is -2.27. The number of rotatable bonds is 7. The molecule has 0 N–H and O–H groups in total. The van der Waals surface area contributed by atoms with Crippen molar-refractivity contribution in [1.29, 1.82) is 0 Å². The Morgan fingerprint density at radius 3 is 2.38 bits per heavy atom. The van der Waals surface area contributed by atoms with Crippen molar-refractivity contribution < 1.29 is 37.0 Å². The molecule has 0 aromatic heterocycles. The van der Waals surface area contributed by atoms with Crippen LogP contribution in [0, 0.1) is 0 Å². The van der Waals surface area contributed by atoms with Crippen molar-refractivity contribution in [2.24, 2.45) is 0 Å². The van der Waals surface area contributed by atoms with Gasteiger partial charge in [-0.1, -0.05) is 0 Å². The lowest BCUT2D eigenvalue weighted by atomic mass is 10.1. The molecule has 32 heavy (non-hydrogen) atoms. The number of Topliss-reactive ketones (excluding diaryl/α,β-unsaturated/α-hetero) is 1. The predicted octanol–water partition coefficient (Wildman–Crippen LogP) is 2.29. The molecule has 0 atom stereocenters. The van der Waals surface area contributed by atoms with Crippen LogP contribution in [0.4, 0.5) is 0 Å². The highest BCUT2D eigenvalue weighted by Gasteiger charge is 2.27. The summed E-state index contributed by atoms with van der Waals surface area (Å²) in [5.74, 6) is -0.0656. The van der Waals surface area contributed by atoms with Gasteiger partial charge in [0.25, 0.3) is 0 Å². The van der Waals surface area contributed by atoms with Crippen LogP contribution in [0.15, 0.2) is 41.3 Å². The molecule has 0 bridgehead atoms. The molecule has 0 amide bonds. The zero-order valence-electron chi connectivity index (χ0n) is 17.5. The average Bonchev–Trinajstić information content (AvgIpc) is 3.37. The van der Waals surface area contributed by atoms with Crippen LogP contribution in [0.3, 0.4) is 0 Å². The van der Waals surface area contributed by atoms with E-state index in [0.717, 1.165) is 12.8 Å². The quantitative estimate of drug-likeness (QED) is 0.457. The number of ketones is 1. The Morgan fingerprint density at radius 1 is 1.00 bits per heavy atom. The second kappa shape index (κ2) is 9.17. The minimum atomic E-state index is -3.55. The molecule has 1 saturated heterocycles. The number of carbonyl (C=O) groups excluding carboxylic acids is 2. The van der Waals surface area contributed by atoms with Gasteiger partial charge in [0.1, 0.15) is 13.2 Å². The first kappa shape index (κ1) is 22.1. The highest BCUT2D eigenvalue weighted by molar-refractivity contribution is 7.89. The van der Waals surface area contributed by atoms with Crippen molar-refractivity contribution in [2.75, 3.05) is 40.0 Å². The molecule has 0 saturated carbocycles. The van der Waals surface area contributed by atoms with Gasteiger partial charge in [-0.3, -0.25) is 4.79 Å². The fourth-order valence-corrected chi connectivity index (χ4v) is 5.10. The van der Waals surface area contributed by atoms with E-state index < -0.39 is 28.4 Å². The summed E-state index contributed by atoms with van der Waals surface area (Å²) in [6, 6.07) is 8.57. The van der Waals surface area contributed by atoms with Crippen molar-refractivity contribution in [3.05, 3.63) is 47.5 Å². The molecular formula is C22H23NO8S.